The molecule has 1 aromatic carbocycles. The Bertz CT molecular complexity index is 955. The summed E-state index contributed by atoms with van der Waals surface area (Å²) >= 11 is 1.60. The summed E-state index contributed by atoms with van der Waals surface area (Å²) in [4.78, 5) is 17.0. The van der Waals surface area contributed by atoms with Gasteiger partial charge in [-0.15, -0.1) is 22.0 Å². The van der Waals surface area contributed by atoms with Crippen LogP contribution in [0.4, 0.5) is 15.9 Å². The van der Waals surface area contributed by atoms with Gasteiger partial charge < -0.3 is 4.74 Å². The highest BCUT2D eigenvalue weighted by Crippen LogP contribution is 2.27. The number of fused-ring (bicyclic) bond motifs is 1. The molecule has 0 fully saturated rings. The van der Waals surface area contributed by atoms with Gasteiger partial charge in [0.05, 0.1) is 24.9 Å². The highest BCUT2D eigenvalue weighted by Gasteiger charge is 2.16. The van der Waals surface area contributed by atoms with Gasteiger partial charge in [0.2, 0.25) is 0 Å². The SMILES string of the molecule is COC(=O)Cc1nc2ccc(F)cn2c1N=Nc1cccc(SC)c1. The number of carbonyl (C=O) groups is 1. The number of ether oxygens (including phenoxy) is 1. The van der Waals surface area contributed by atoms with E-state index in [2.05, 4.69) is 19.9 Å². The molecule has 0 amide bonds. The van der Waals surface area contributed by atoms with Gasteiger partial charge in [-0.1, -0.05) is 6.07 Å². The summed E-state index contributed by atoms with van der Waals surface area (Å²) in [6, 6.07) is 10.4. The lowest BCUT2D eigenvalue weighted by atomic mass is 10.3. The van der Waals surface area contributed by atoms with Crippen LogP contribution in [0.5, 0.6) is 0 Å². The number of imidazole rings is 1. The van der Waals surface area contributed by atoms with Crippen LogP contribution in [-0.4, -0.2) is 28.7 Å². The number of nitrogens with zero attached hydrogens (tertiary/aromatic N) is 4. The van der Waals surface area contributed by atoms with E-state index in [4.69, 9.17) is 0 Å². The van der Waals surface area contributed by atoms with E-state index >= 15 is 0 Å². The van der Waals surface area contributed by atoms with Crippen molar-refractivity contribution in [2.75, 3.05) is 13.4 Å². The van der Waals surface area contributed by atoms with Crippen molar-refractivity contribution < 1.29 is 13.9 Å². The molecule has 0 atom stereocenters. The summed E-state index contributed by atoms with van der Waals surface area (Å²) < 4.78 is 19.8. The largest absolute Gasteiger partial charge is 0.469 e. The van der Waals surface area contributed by atoms with Crippen molar-refractivity contribution >= 4 is 34.9 Å². The minimum atomic E-state index is -0.454. The lowest BCUT2D eigenvalue weighted by Crippen LogP contribution is -2.04. The van der Waals surface area contributed by atoms with Gasteiger partial charge >= 0.3 is 5.97 Å². The number of aromatic nitrogens is 2. The van der Waals surface area contributed by atoms with Gasteiger partial charge in [0.25, 0.3) is 0 Å². The van der Waals surface area contributed by atoms with Gasteiger partial charge in [-0.2, -0.15) is 0 Å². The molecule has 0 saturated carbocycles. The summed E-state index contributed by atoms with van der Waals surface area (Å²) in [5, 5.41) is 8.42. The topological polar surface area (TPSA) is 68.3 Å². The highest BCUT2D eigenvalue weighted by atomic mass is 32.2. The average molecular weight is 358 g/mol. The fraction of sp³-hybridized carbons (Fsp3) is 0.176. The highest BCUT2D eigenvalue weighted by molar-refractivity contribution is 7.98. The summed E-state index contributed by atoms with van der Waals surface area (Å²) in [6.07, 6.45) is 3.16. The molecule has 8 heteroatoms. The zero-order valence-electron chi connectivity index (χ0n) is 13.6. The van der Waals surface area contributed by atoms with Gasteiger partial charge in [-0.3, -0.25) is 9.20 Å². The van der Waals surface area contributed by atoms with Crippen molar-refractivity contribution in [1.29, 1.82) is 0 Å². The van der Waals surface area contributed by atoms with Crippen LogP contribution in [0.15, 0.2) is 57.7 Å². The van der Waals surface area contributed by atoms with E-state index in [1.807, 2.05) is 30.5 Å². The second-order valence-electron chi connectivity index (χ2n) is 5.11. The van der Waals surface area contributed by atoms with E-state index in [9.17, 15) is 9.18 Å². The van der Waals surface area contributed by atoms with Gasteiger partial charge in [0, 0.05) is 11.1 Å². The van der Waals surface area contributed by atoms with Gasteiger partial charge in [0.15, 0.2) is 5.82 Å². The minimum absolute atomic E-state index is 0.0704. The van der Waals surface area contributed by atoms with Crippen LogP contribution >= 0.6 is 11.8 Å². The number of rotatable bonds is 5. The van der Waals surface area contributed by atoms with Crippen LogP contribution < -0.4 is 0 Å². The smallest absolute Gasteiger partial charge is 0.311 e. The third kappa shape index (κ3) is 3.85. The molecule has 0 aliphatic rings. The Morgan fingerprint density at radius 3 is 2.92 bits per heavy atom. The number of benzene rings is 1. The Morgan fingerprint density at radius 2 is 2.16 bits per heavy atom. The number of pyridine rings is 1. The van der Waals surface area contributed by atoms with E-state index in [0.29, 0.717) is 22.8 Å². The molecule has 2 aromatic heterocycles. The lowest BCUT2D eigenvalue weighted by molar-refractivity contribution is -0.139. The Balaban J connectivity index is 2.05. The van der Waals surface area contributed by atoms with Crippen LogP contribution in [0, 0.1) is 5.82 Å². The molecule has 128 valence electrons. The molecule has 0 aliphatic heterocycles. The number of azo groups is 1. The van der Waals surface area contributed by atoms with Gasteiger partial charge in [0.1, 0.15) is 11.5 Å². The number of thioether (sulfide) groups is 1. The number of halogens is 1. The first-order valence-corrected chi connectivity index (χ1v) is 8.62. The van der Waals surface area contributed by atoms with E-state index in [-0.39, 0.29) is 6.42 Å². The van der Waals surface area contributed by atoms with E-state index in [1.54, 1.807) is 11.8 Å². The number of methoxy groups -OCH3 is 1. The monoisotopic (exact) mass is 358 g/mol. The van der Waals surface area contributed by atoms with E-state index in [1.165, 1.54) is 29.8 Å². The molecule has 0 unspecified atom stereocenters. The van der Waals surface area contributed by atoms with Crippen LogP contribution in [0.1, 0.15) is 5.69 Å². The molecule has 3 aromatic rings. The quantitative estimate of drug-likeness (QED) is 0.387. The van der Waals surface area contributed by atoms with Crippen LogP contribution in [0.2, 0.25) is 0 Å². The summed E-state index contributed by atoms with van der Waals surface area (Å²) in [6.45, 7) is 0. The maximum absolute atomic E-state index is 13.6. The van der Waals surface area contributed by atoms with Crippen LogP contribution in [-0.2, 0) is 16.0 Å². The molecule has 0 bridgehead atoms. The second-order valence-corrected chi connectivity index (χ2v) is 5.99. The van der Waals surface area contributed by atoms with Crippen molar-refractivity contribution in [3.8, 4) is 0 Å². The Morgan fingerprint density at radius 1 is 1.32 bits per heavy atom. The molecule has 0 N–H and O–H groups in total. The van der Waals surface area contributed by atoms with E-state index < -0.39 is 11.8 Å². The summed E-state index contributed by atoms with van der Waals surface area (Å²) in [7, 11) is 1.30. The molecule has 2 heterocycles. The molecule has 0 aliphatic carbocycles. The molecule has 0 spiro atoms. The molecule has 0 radical (unpaired) electrons. The predicted molar refractivity (Wildman–Crippen MR) is 93.3 cm³/mol. The third-order valence-electron chi connectivity index (χ3n) is 3.48. The standard InChI is InChI=1S/C17H15FN4O2S/c1-24-16(23)9-14-17(22-10-11(18)6-7-15(22)19-14)21-20-12-4-3-5-13(8-12)25-2/h3-8,10H,9H2,1-2H3. The second kappa shape index (κ2) is 7.43. The van der Waals surface area contributed by atoms with Crippen molar-refractivity contribution in [3.63, 3.8) is 0 Å². The maximum atomic E-state index is 13.6. The number of carbonyl (C=O) groups excluding carboxylic acids is 1. The van der Waals surface area contributed by atoms with Gasteiger partial charge in [-0.25, -0.2) is 9.37 Å². The number of hydrogen-bond donors (Lipinski definition) is 0. The molecule has 25 heavy (non-hydrogen) atoms. The molecule has 6 nitrogen and oxygen atoms in total. The van der Waals surface area contributed by atoms with Crippen molar-refractivity contribution in [3.05, 3.63) is 54.1 Å². The average Bonchev–Trinajstić information content (AvgIpc) is 2.96. The van der Waals surface area contributed by atoms with Crippen molar-refractivity contribution in [2.45, 2.75) is 11.3 Å². The number of esters is 1. The van der Waals surface area contributed by atoms with Crippen LogP contribution in [0.25, 0.3) is 5.65 Å². The molecule has 3 rings (SSSR count). The molecular formula is C17H15FN4O2S. The predicted octanol–water partition coefficient (Wildman–Crippen LogP) is 4.33. The third-order valence-corrected chi connectivity index (χ3v) is 4.20. The zero-order valence-corrected chi connectivity index (χ0v) is 14.5. The first-order chi connectivity index (χ1) is 12.1. The van der Waals surface area contributed by atoms with Crippen molar-refractivity contribution in [1.82, 2.24) is 9.38 Å². The fourth-order valence-electron chi connectivity index (χ4n) is 2.27. The summed E-state index contributed by atoms with van der Waals surface area (Å²) in [5.74, 6) is -0.588. The minimum Gasteiger partial charge on any atom is -0.469 e. The Labute approximate surface area is 147 Å². The zero-order chi connectivity index (χ0) is 17.8. The number of hydrogen-bond acceptors (Lipinski definition) is 6. The van der Waals surface area contributed by atoms with Crippen LogP contribution in [0.3, 0.4) is 0 Å². The first-order valence-electron chi connectivity index (χ1n) is 7.40. The van der Waals surface area contributed by atoms with Crippen molar-refractivity contribution in [2.24, 2.45) is 10.2 Å². The van der Waals surface area contributed by atoms with E-state index in [0.717, 1.165) is 4.90 Å². The Kier molecular flexibility index (Phi) is 5.08. The molecular weight excluding hydrogens is 343 g/mol. The Hall–Kier alpha value is -2.74. The first kappa shape index (κ1) is 17.1. The van der Waals surface area contributed by atoms with Gasteiger partial charge in [-0.05, 0) is 36.6 Å². The lowest BCUT2D eigenvalue weighted by Gasteiger charge is -2.00. The fourth-order valence-corrected chi connectivity index (χ4v) is 2.72. The maximum Gasteiger partial charge on any atom is 0.311 e. The molecule has 0 saturated heterocycles. The summed E-state index contributed by atoms with van der Waals surface area (Å²) in [5.41, 5.74) is 1.51. The normalized spacial score (nSPS) is 11.3.